The quantitative estimate of drug-likeness (QED) is 0.390. The number of nitrogens with zero attached hydrogens (tertiary/aromatic N) is 1. The van der Waals surface area contributed by atoms with Gasteiger partial charge in [0.15, 0.2) is 0 Å². The summed E-state index contributed by atoms with van der Waals surface area (Å²) in [6, 6.07) is 13.2. The Morgan fingerprint density at radius 3 is 2.38 bits per heavy atom. The second-order valence-electron chi connectivity index (χ2n) is 7.88. The number of likely N-dealkylation sites (N-methyl/N-ethyl adjacent to an activating group) is 1. The molecule has 4 nitrogen and oxygen atoms in total. The molecule has 0 bridgehead atoms. The van der Waals surface area contributed by atoms with Gasteiger partial charge < -0.3 is 10.6 Å². The number of hydrogen-bond acceptors (Lipinski definition) is 3. The van der Waals surface area contributed by atoms with E-state index in [2.05, 4.69) is 15.6 Å². The van der Waals surface area contributed by atoms with Crippen molar-refractivity contribution in [3.63, 3.8) is 0 Å². The molecule has 0 saturated heterocycles. The van der Waals surface area contributed by atoms with Crippen LogP contribution in [0.2, 0.25) is 5.02 Å². The summed E-state index contributed by atoms with van der Waals surface area (Å²) in [5.41, 5.74) is 1.42. The predicted molar refractivity (Wildman–Crippen MR) is 123 cm³/mol. The van der Waals surface area contributed by atoms with Crippen molar-refractivity contribution in [2.45, 2.75) is 31.5 Å². The number of alkyl halides is 3. The van der Waals surface area contributed by atoms with Crippen LogP contribution in [0, 0.1) is 12.7 Å². The van der Waals surface area contributed by atoms with Gasteiger partial charge >= 0.3 is 6.18 Å². The van der Waals surface area contributed by atoms with E-state index in [1.807, 2.05) is 0 Å². The Bertz CT molecular complexity index is 1140. The number of pyridine rings is 1. The zero-order valence-corrected chi connectivity index (χ0v) is 19.3. The van der Waals surface area contributed by atoms with E-state index in [1.54, 1.807) is 43.3 Å². The zero-order valence-electron chi connectivity index (χ0n) is 18.6. The van der Waals surface area contributed by atoms with Gasteiger partial charge in [0.25, 0.3) is 0 Å². The summed E-state index contributed by atoms with van der Waals surface area (Å²) in [5, 5.41) is 6.31. The molecule has 3 rings (SSSR count). The molecular weight excluding hydrogens is 470 g/mol. The molecule has 9 heteroatoms. The van der Waals surface area contributed by atoms with Crippen molar-refractivity contribution in [3.05, 3.63) is 99.6 Å². The first-order valence-corrected chi connectivity index (χ1v) is 11.0. The summed E-state index contributed by atoms with van der Waals surface area (Å²) in [5.74, 6) is -0.995. The highest BCUT2D eigenvalue weighted by Crippen LogP contribution is 2.32. The molecule has 0 aliphatic rings. The molecule has 1 heterocycles. The lowest BCUT2D eigenvalue weighted by molar-refractivity contribution is -0.141. The van der Waals surface area contributed by atoms with Crippen LogP contribution >= 0.6 is 11.6 Å². The Kier molecular flexibility index (Phi) is 8.28. The number of carbonyl (C=O) groups excluding carboxylic acids is 1. The molecule has 0 aliphatic heterocycles. The monoisotopic (exact) mass is 493 g/mol. The number of aromatic nitrogens is 1. The lowest BCUT2D eigenvalue weighted by Gasteiger charge is -2.22. The van der Waals surface area contributed by atoms with Crippen LogP contribution in [0.15, 0.2) is 60.8 Å². The summed E-state index contributed by atoms with van der Waals surface area (Å²) in [4.78, 5) is 16.1. The van der Waals surface area contributed by atoms with Gasteiger partial charge in [-0.25, -0.2) is 4.39 Å². The molecule has 0 unspecified atom stereocenters. The summed E-state index contributed by atoms with van der Waals surface area (Å²) >= 11 is 6.08. The van der Waals surface area contributed by atoms with E-state index in [-0.39, 0.29) is 17.6 Å². The number of amides is 1. The summed E-state index contributed by atoms with van der Waals surface area (Å²) in [6.45, 7) is 1.96. The Balaban J connectivity index is 1.86. The molecule has 0 radical (unpaired) electrons. The molecule has 2 N–H and O–H groups in total. The third-order valence-electron chi connectivity index (χ3n) is 5.54. The normalized spacial score (nSPS) is 13.4. The van der Waals surface area contributed by atoms with Crippen molar-refractivity contribution in [1.82, 2.24) is 15.6 Å². The maximum atomic E-state index is 13.8. The molecule has 3 aromatic rings. The maximum Gasteiger partial charge on any atom is 0.433 e. The third-order valence-corrected chi connectivity index (χ3v) is 5.77. The van der Waals surface area contributed by atoms with E-state index in [1.165, 1.54) is 25.4 Å². The van der Waals surface area contributed by atoms with Gasteiger partial charge in [0.05, 0.1) is 0 Å². The average Bonchev–Trinajstić information content (AvgIpc) is 2.80. The first-order valence-electron chi connectivity index (χ1n) is 10.6. The number of aryl methyl sites for hydroxylation is 1. The van der Waals surface area contributed by atoms with E-state index in [0.29, 0.717) is 34.7 Å². The van der Waals surface area contributed by atoms with Crippen LogP contribution in [0.5, 0.6) is 0 Å². The van der Waals surface area contributed by atoms with Crippen LogP contribution in [0.25, 0.3) is 0 Å². The molecular formula is C25H24ClF4N3O. The molecule has 1 amide bonds. The van der Waals surface area contributed by atoms with Crippen LogP contribution in [-0.2, 0) is 11.0 Å². The Morgan fingerprint density at radius 1 is 1.06 bits per heavy atom. The van der Waals surface area contributed by atoms with Gasteiger partial charge in [0.1, 0.15) is 17.6 Å². The molecule has 0 aliphatic carbocycles. The SMILES string of the molecule is CNC(=O)[C@@H](NCC[C@H](c1ccc(C(F)(F)F)nc1)c1ccc(F)c(C)c1)c1cccc(Cl)c1. The lowest BCUT2D eigenvalue weighted by atomic mass is 9.88. The van der Waals surface area contributed by atoms with E-state index in [0.717, 1.165) is 11.6 Å². The highest BCUT2D eigenvalue weighted by atomic mass is 35.5. The molecule has 0 saturated carbocycles. The van der Waals surface area contributed by atoms with Crippen LogP contribution in [-0.4, -0.2) is 24.5 Å². The van der Waals surface area contributed by atoms with Crippen LogP contribution in [0.3, 0.4) is 0 Å². The summed E-state index contributed by atoms with van der Waals surface area (Å²) < 4.78 is 52.8. The van der Waals surface area contributed by atoms with Crippen molar-refractivity contribution < 1.29 is 22.4 Å². The smallest absolute Gasteiger partial charge is 0.358 e. The minimum Gasteiger partial charge on any atom is -0.358 e. The Morgan fingerprint density at radius 2 is 1.79 bits per heavy atom. The molecule has 0 spiro atoms. The summed E-state index contributed by atoms with van der Waals surface area (Å²) in [6.07, 6.45) is -2.93. The number of nitrogens with one attached hydrogen (secondary N) is 2. The fourth-order valence-corrected chi connectivity index (χ4v) is 3.95. The number of benzene rings is 2. The zero-order chi connectivity index (χ0) is 24.9. The minimum absolute atomic E-state index is 0.257. The van der Waals surface area contributed by atoms with Crippen molar-refractivity contribution in [1.29, 1.82) is 0 Å². The number of halogens is 5. The highest BCUT2D eigenvalue weighted by molar-refractivity contribution is 6.30. The topological polar surface area (TPSA) is 54.0 Å². The minimum atomic E-state index is -4.54. The van der Waals surface area contributed by atoms with Gasteiger partial charge in [-0.05, 0) is 66.4 Å². The van der Waals surface area contributed by atoms with Gasteiger partial charge in [-0.15, -0.1) is 0 Å². The number of rotatable bonds is 8. The van der Waals surface area contributed by atoms with Crippen LogP contribution < -0.4 is 10.6 Å². The largest absolute Gasteiger partial charge is 0.433 e. The standard InChI is InChI=1S/C25H24ClF4N3O/c1-15-12-16(6-8-21(15)27)20(18-7-9-22(33-14-18)25(28,29)30)10-11-32-23(24(34)31-2)17-4-3-5-19(26)13-17/h3-9,12-14,20,23,32H,10-11H2,1-2H3,(H,31,34)/t20-,23-/m0/s1. The highest BCUT2D eigenvalue weighted by Gasteiger charge is 2.32. The molecule has 0 fully saturated rings. The van der Waals surface area contributed by atoms with Crippen molar-refractivity contribution in [2.24, 2.45) is 0 Å². The third kappa shape index (κ3) is 6.33. The van der Waals surface area contributed by atoms with Crippen LogP contribution in [0.4, 0.5) is 17.6 Å². The molecule has 180 valence electrons. The van der Waals surface area contributed by atoms with Gasteiger partial charge in [0, 0.05) is 24.2 Å². The molecule has 34 heavy (non-hydrogen) atoms. The van der Waals surface area contributed by atoms with Gasteiger partial charge in [-0.2, -0.15) is 13.2 Å². The summed E-state index contributed by atoms with van der Waals surface area (Å²) in [7, 11) is 1.53. The van der Waals surface area contributed by atoms with Crippen molar-refractivity contribution in [2.75, 3.05) is 13.6 Å². The Labute approximate surface area is 200 Å². The number of carbonyl (C=O) groups is 1. The van der Waals surface area contributed by atoms with Gasteiger partial charge in [-0.1, -0.05) is 41.9 Å². The predicted octanol–water partition coefficient (Wildman–Crippen LogP) is 5.80. The fourth-order valence-electron chi connectivity index (χ4n) is 3.75. The first kappa shape index (κ1) is 25.6. The van der Waals surface area contributed by atoms with E-state index >= 15 is 0 Å². The maximum absolute atomic E-state index is 13.8. The lowest BCUT2D eigenvalue weighted by Crippen LogP contribution is -2.36. The second kappa shape index (κ2) is 11.0. The molecule has 1 aromatic heterocycles. The van der Waals surface area contributed by atoms with E-state index in [9.17, 15) is 22.4 Å². The Hall–Kier alpha value is -2.97. The van der Waals surface area contributed by atoms with E-state index < -0.39 is 17.9 Å². The van der Waals surface area contributed by atoms with Gasteiger partial charge in [-0.3, -0.25) is 9.78 Å². The van der Waals surface area contributed by atoms with Crippen molar-refractivity contribution in [3.8, 4) is 0 Å². The molecule has 2 aromatic carbocycles. The van der Waals surface area contributed by atoms with Crippen molar-refractivity contribution >= 4 is 17.5 Å². The molecule has 2 atom stereocenters. The first-order chi connectivity index (χ1) is 16.1. The van der Waals surface area contributed by atoms with E-state index in [4.69, 9.17) is 11.6 Å². The van der Waals surface area contributed by atoms with Gasteiger partial charge in [0.2, 0.25) is 5.91 Å². The van der Waals surface area contributed by atoms with Crippen LogP contribution in [0.1, 0.15) is 46.3 Å². The second-order valence-corrected chi connectivity index (χ2v) is 8.32. The fraction of sp³-hybridized carbons (Fsp3) is 0.280. The average molecular weight is 494 g/mol. The number of hydrogen-bond donors (Lipinski definition) is 2.